The molecule has 0 saturated carbocycles. The maximum absolute atomic E-state index is 4.90. The Bertz CT molecular complexity index is 256. The largest absolute Gasteiger partial charge is 0.340 e. The normalized spacial score (nSPS) is 17.3. The third kappa shape index (κ3) is 3.60. The minimum Gasteiger partial charge on any atom is -0.340 e. The van der Waals surface area contributed by atoms with E-state index in [9.17, 15) is 0 Å². The fraction of sp³-hybridized carbons (Fsp3) is 0.800. The molecule has 84 valence electrons. The van der Waals surface area contributed by atoms with Crippen molar-refractivity contribution < 1.29 is 4.52 Å². The number of nitrogens with one attached hydrogen (secondary N) is 1. The maximum atomic E-state index is 4.90. The predicted octanol–water partition coefficient (Wildman–Crippen LogP) is 0.297. The molecular weight excluding hydrogens is 192 g/mol. The first-order chi connectivity index (χ1) is 7.45. The summed E-state index contributed by atoms with van der Waals surface area (Å²) in [7, 11) is 0. The summed E-state index contributed by atoms with van der Waals surface area (Å²) >= 11 is 0. The van der Waals surface area contributed by atoms with E-state index in [2.05, 4.69) is 20.4 Å². The van der Waals surface area contributed by atoms with E-state index >= 15 is 0 Å². The Hall–Kier alpha value is -0.940. The molecule has 2 rings (SSSR count). The van der Waals surface area contributed by atoms with Crippen LogP contribution in [0.1, 0.15) is 18.7 Å². The first-order valence-electron chi connectivity index (χ1n) is 5.64. The van der Waals surface area contributed by atoms with Gasteiger partial charge in [0.2, 0.25) is 5.89 Å². The van der Waals surface area contributed by atoms with E-state index < -0.39 is 0 Å². The van der Waals surface area contributed by atoms with Crippen LogP contribution in [0.2, 0.25) is 0 Å². The van der Waals surface area contributed by atoms with Gasteiger partial charge in [-0.1, -0.05) is 5.16 Å². The van der Waals surface area contributed by atoms with Crippen molar-refractivity contribution in [2.75, 3.05) is 32.7 Å². The lowest BCUT2D eigenvalue weighted by atomic mass is 10.4. The van der Waals surface area contributed by atoms with Crippen molar-refractivity contribution in [1.29, 1.82) is 0 Å². The zero-order valence-electron chi connectivity index (χ0n) is 8.98. The van der Waals surface area contributed by atoms with E-state index in [1.807, 2.05) is 0 Å². The second-order valence-corrected chi connectivity index (χ2v) is 3.88. The molecule has 1 saturated heterocycles. The third-order valence-electron chi connectivity index (χ3n) is 2.73. The van der Waals surface area contributed by atoms with Gasteiger partial charge in [0.05, 0.1) is 0 Å². The van der Waals surface area contributed by atoms with Crippen molar-refractivity contribution in [1.82, 2.24) is 20.4 Å². The smallest absolute Gasteiger partial charge is 0.227 e. The van der Waals surface area contributed by atoms with Gasteiger partial charge in [-0.3, -0.25) is 0 Å². The number of hydrogen-bond donors (Lipinski definition) is 1. The van der Waals surface area contributed by atoms with Crippen molar-refractivity contribution in [3.63, 3.8) is 0 Å². The van der Waals surface area contributed by atoms with E-state index in [1.54, 1.807) is 0 Å². The Labute approximate surface area is 89.8 Å². The molecule has 0 spiro atoms. The minimum absolute atomic E-state index is 0.712. The van der Waals surface area contributed by atoms with Crippen LogP contribution < -0.4 is 5.32 Å². The Kier molecular flexibility index (Phi) is 4.11. The molecule has 0 aromatic carbocycles. The molecular formula is C10H18N4O. The highest BCUT2D eigenvalue weighted by atomic mass is 16.5. The average Bonchev–Trinajstić information content (AvgIpc) is 2.88. The summed E-state index contributed by atoms with van der Waals surface area (Å²) in [4.78, 5) is 6.46. The predicted molar refractivity (Wildman–Crippen MR) is 56.5 cm³/mol. The lowest BCUT2D eigenvalue weighted by molar-refractivity contribution is 0.333. The fourth-order valence-corrected chi connectivity index (χ4v) is 1.87. The van der Waals surface area contributed by atoms with Crippen molar-refractivity contribution in [2.24, 2.45) is 0 Å². The van der Waals surface area contributed by atoms with Gasteiger partial charge in [0.15, 0.2) is 6.33 Å². The lowest BCUT2D eigenvalue weighted by Gasteiger charge is -2.14. The molecule has 1 N–H and O–H groups in total. The zero-order valence-corrected chi connectivity index (χ0v) is 8.98. The van der Waals surface area contributed by atoms with Crippen molar-refractivity contribution >= 4 is 0 Å². The van der Waals surface area contributed by atoms with Gasteiger partial charge in [0, 0.05) is 26.1 Å². The second-order valence-electron chi connectivity index (χ2n) is 3.88. The van der Waals surface area contributed by atoms with Crippen LogP contribution in [0.3, 0.4) is 0 Å². The van der Waals surface area contributed by atoms with Gasteiger partial charge >= 0.3 is 0 Å². The van der Waals surface area contributed by atoms with Crippen LogP contribution in [-0.2, 0) is 6.42 Å². The average molecular weight is 210 g/mol. The van der Waals surface area contributed by atoms with Crippen LogP contribution in [0.4, 0.5) is 0 Å². The van der Waals surface area contributed by atoms with Gasteiger partial charge < -0.3 is 14.7 Å². The Balaban J connectivity index is 1.48. The van der Waals surface area contributed by atoms with Crippen molar-refractivity contribution in [3.05, 3.63) is 12.2 Å². The van der Waals surface area contributed by atoms with Crippen molar-refractivity contribution in [2.45, 2.75) is 19.3 Å². The molecule has 5 heteroatoms. The molecule has 5 nitrogen and oxygen atoms in total. The summed E-state index contributed by atoms with van der Waals surface area (Å²) in [6.07, 6.45) is 4.99. The molecule has 2 heterocycles. The van der Waals surface area contributed by atoms with Gasteiger partial charge in [0.25, 0.3) is 0 Å². The van der Waals surface area contributed by atoms with Crippen LogP contribution in [0.5, 0.6) is 0 Å². The van der Waals surface area contributed by atoms with Crippen LogP contribution in [0, 0.1) is 0 Å². The number of rotatable bonds is 6. The first-order valence-corrected chi connectivity index (χ1v) is 5.64. The van der Waals surface area contributed by atoms with Gasteiger partial charge in [-0.25, -0.2) is 0 Å². The molecule has 1 fully saturated rings. The SMILES string of the molecule is c1noc(CCNCCN2CCCC2)n1. The third-order valence-corrected chi connectivity index (χ3v) is 2.73. The number of hydrogen-bond acceptors (Lipinski definition) is 5. The highest BCUT2D eigenvalue weighted by molar-refractivity contribution is 4.75. The fourth-order valence-electron chi connectivity index (χ4n) is 1.87. The Morgan fingerprint density at radius 2 is 2.20 bits per heavy atom. The highest BCUT2D eigenvalue weighted by Gasteiger charge is 2.09. The van der Waals surface area contributed by atoms with Crippen molar-refractivity contribution in [3.8, 4) is 0 Å². The molecule has 1 aliphatic rings. The summed E-state index contributed by atoms with van der Waals surface area (Å²) in [6.45, 7) is 5.66. The summed E-state index contributed by atoms with van der Waals surface area (Å²) in [5.41, 5.74) is 0. The van der Waals surface area contributed by atoms with Gasteiger partial charge in [0.1, 0.15) is 0 Å². The number of nitrogens with zero attached hydrogens (tertiary/aromatic N) is 3. The minimum atomic E-state index is 0.712. The van der Waals surface area contributed by atoms with Crippen LogP contribution in [0.25, 0.3) is 0 Å². The molecule has 0 unspecified atom stereocenters. The standard InChI is InChI=1S/C10H18N4O/c1-2-7-14(6-1)8-5-11-4-3-10-12-9-13-15-10/h9,11H,1-8H2. The topological polar surface area (TPSA) is 54.2 Å². The zero-order chi connectivity index (χ0) is 10.3. The number of aromatic nitrogens is 2. The van der Waals surface area contributed by atoms with Gasteiger partial charge in [-0.2, -0.15) is 4.98 Å². The first kappa shape index (κ1) is 10.6. The maximum Gasteiger partial charge on any atom is 0.227 e. The summed E-state index contributed by atoms with van der Waals surface area (Å²) < 4.78 is 4.90. The highest BCUT2D eigenvalue weighted by Crippen LogP contribution is 2.05. The Morgan fingerprint density at radius 1 is 1.33 bits per heavy atom. The quantitative estimate of drug-likeness (QED) is 0.684. The summed E-state index contributed by atoms with van der Waals surface area (Å²) in [6, 6.07) is 0. The van der Waals surface area contributed by atoms with Crippen LogP contribution in [0.15, 0.2) is 10.9 Å². The molecule has 0 aliphatic carbocycles. The molecule has 0 bridgehead atoms. The van der Waals surface area contributed by atoms with E-state index in [0.29, 0.717) is 5.89 Å². The summed E-state index contributed by atoms with van der Waals surface area (Å²) in [5.74, 6) is 0.712. The molecule has 0 atom stereocenters. The molecule has 0 radical (unpaired) electrons. The Morgan fingerprint density at radius 3 is 2.93 bits per heavy atom. The van der Waals surface area contributed by atoms with E-state index in [1.165, 1.54) is 32.3 Å². The lowest BCUT2D eigenvalue weighted by Crippen LogP contribution is -2.30. The van der Waals surface area contributed by atoms with Gasteiger partial charge in [-0.05, 0) is 25.9 Å². The van der Waals surface area contributed by atoms with Gasteiger partial charge in [-0.15, -0.1) is 0 Å². The molecule has 1 aromatic heterocycles. The van der Waals surface area contributed by atoms with Crippen LogP contribution >= 0.6 is 0 Å². The molecule has 15 heavy (non-hydrogen) atoms. The molecule has 1 aliphatic heterocycles. The summed E-state index contributed by atoms with van der Waals surface area (Å²) in [5, 5.41) is 6.94. The monoisotopic (exact) mass is 210 g/mol. The second kappa shape index (κ2) is 5.82. The van der Waals surface area contributed by atoms with E-state index in [-0.39, 0.29) is 0 Å². The van der Waals surface area contributed by atoms with E-state index in [4.69, 9.17) is 4.52 Å². The molecule has 0 amide bonds. The van der Waals surface area contributed by atoms with E-state index in [0.717, 1.165) is 26.1 Å². The number of likely N-dealkylation sites (tertiary alicyclic amines) is 1. The van der Waals surface area contributed by atoms with Crippen LogP contribution in [-0.4, -0.2) is 47.8 Å². The molecule has 1 aromatic rings.